The van der Waals surface area contributed by atoms with E-state index >= 15 is 8.78 Å². The Bertz CT molecular complexity index is 1530. The summed E-state index contributed by atoms with van der Waals surface area (Å²) < 4.78 is 38.5. The van der Waals surface area contributed by atoms with Crippen LogP contribution in [0.3, 0.4) is 0 Å². The maximum absolute atomic E-state index is 16.5. The number of aryl methyl sites for hydroxylation is 1. The number of nitrogens with one attached hydrogen (secondary N) is 2. The maximum atomic E-state index is 16.5. The molecule has 2 unspecified atom stereocenters. The van der Waals surface area contributed by atoms with Crippen molar-refractivity contribution in [2.24, 2.45) is 0 Å². The Morgan fingerprint density at radius 3 is 2.63 bits per heavy atom. The van der Waals surface area contributed by atoms with E-state index < -0.39 is 11.6 Å². The number of aromatic amines is 1. The van der Waals surface area contributed by atoms with Crippen molar-refractivity contribution in [2.75, 3.05) is 38.2 Å². The third-order valence-electron chi connectivity index (χ3n) is 8.52. The number of halogens is 2. The molecule has 8 nitrogen and oxygen atoms in total. The van der Waals surface area contributed by atoms with E-state index in [9.17, 15) is 0 Å². The minimum atomic E-state index is -0.707. The normalized spacial score (nSPS) is 23.7. The second-order valence-electron chi connectivity index (χ2n) is 11.0. The molecule has 0 amide bonds. The summed E-state index contributed by atoms with van der Waals surface area (Å²) in [5.41, 5.74) is 1.92. The summed E-state index contributed by atoms with van der Waals surface area (Å²) in [6.45, 7) is 4.76. The van der Waals surface area contributed by atoms with Crippen molar-refractivity contribution in [3.63, 3.8) is 0 Å². The molecular formula is C28H31F2N7O. The largest absolute Gasteiger partial charge is 0.462 e. The van der Waals surface area contributed by atoms with Crippen LogP contribution in [0.25, 0.3) is 32.9 Å². The molecule has 0 aliphatic carbocycles. The predicted molar refractivity (Wildman–Crippen MR) is 143 cm³/mol. The maximum Gasteiger partial charge on any atom is 0.319 e. The Morgan fingerprint density at radius 2 is 1.87 bits per heavy atom. The van der Waals surface area contributed by atoms with E-state index in [1.807, 2.05) is 19.1 Å². The van der Waals surface area contributed by atoms with Crippen LogP contribution in [0.1, 0.15) is 31.2 Å². The topological polar surface area (TPSA) is 82.2 Å². The Labute approximate surface area is 219 Å². The van der Waals surface area contributed by atoms with Crippen molar-refractivity contribution in [1.82, 2.24) is 30.4 Å². The predicted octanol–water partition coefficient (Wildman–Crippen LogP) is 4.17. The van der Waals surface area contributed by atoms with Gasteiger partial charge in [0.15, 0.2) is 5.82 Å². The van der Waals surface area contributed by atoms with Crippen molar-refractivity contribution in [3.8, 4) is 17.1 Å². The number of rotatable bonds is 5. The van der Waals surface area contributed by atoms with E-state index in [-0.39, 0.29) is 23.1 Å². The number of benzene rings is 2. The zero-order valence-corrected chi connectivity index (χ0v) is 21.6. The highest BCUT2D eigenvalue weighted by atomic mass is 19.1. The number of likely N-dealkylation sites (N-methyl/N-ethyl adjacent to an activating group) is 1. The van der Waals surface area contributed by atoms with Crippen LogP contribution in [0.2, 0.25) is 0 Å². The lowest BCUT2D eigenvalue weighted by Gasteiger charge is -2.34. The fraction of sp³-hybridized carbons (Fsp3) is 0.464. The van der Waals surface area contributed by atoms with Crippen LogP contribution in [0.4, 0.5) is 14.6 Å². The van der Waals surface area contributed by atoms with Crippen LogP contribution in [0.5, 0.6) is 6.01 Å². The van der Waals surface area contributed by atoms with Gasteiger partial charge in [-0.2, -0.15) is 15.1 Å². The lowest BCUT2D eigenvalue weighted by Crippen LogP contribution is -2.51. The van der Waals surface area contributed by atoms with Gasteiger partial charge in [-0.05, 0) is 63.9 Å². The number of fused-ring (bicyclic) bond motifs is 4. The third-order valence-corrected chi connectivity index (χ3v) is 8.52. The van der Waals surface area contributed by atoms with Crippen molar-refractivity contribution < 1.29 is 13.5 Å². The van der Waals surface area contributed by atoms with E-state index in [1.54, 1.807) is 6.20 Å². The number of anilines is 1. The summed E-state index contributed by atoms with van der Waals surface area (Å²) >= 11 is 0. The number of aromatic nitrogens is 4. The zero-order valence-electron chi connectivity index (χ0n) is 21.6. The molecule has 198 valence electrons. The Morgan fingerprint density at radius 1 is 1.05 bits per heavy atom. The molecule has 0 spiro atoms. The van der Waals surface area contributed by atoms with Crippen molar-refractivity contribution >= 4 is 27.6 Å². The molecule has 2 bridgehead atoms. The summed E-state index contributed by atoms with van der Waals surface area (Å²) in [6, 6.07) is 6.17. The number of ether oxygens (including phenoxy) is 1. The van der Waals surface area contributed by atoms with Gasteiger partial charge in [0, 0.05) is 47.6 Å². The van der Waals surface area contributed by atoms with Crippen LogP contribution in [0, 0.1) is 18.6 Å². The van der Waals surface area contributed by atoms with Gasteiger partial charge >= 0.3 is 6.01 Å². The van der Waals surface area contributed by atoms with Crippen LogP contribution in [0.15, 0.2) is 24.4 Å². The first-order chi connectivity index (χ1) is 18.5. The first-order valence-electron chi connectivity index (χ1n) is 13.4. The molecule has 3 aliphatic rings. The van der Waals surface area contributed by atoms with Crippen LogP contribution < -0.4 is 15.0 Å². The molecule has 2 aromatic carbocycles. The number of hydrogen-bond acceptors (Lipinski definition) is 7. The van der Waals surface area contributed by atoms with Gasteiger partial charge in [-0.15, -0.1) is 0 Å². The molecule has 0 radical (unpaired) electrons. The number of nitrogens with zero attached hydrogens (tertiary/aromatic N) is 5. The van der Waals surface area contributed by atoms with E-state index in [1.165, 1.54) is 6.07 Å². The van der Waals surface area contributed by atoms with E-state index in [0.717, 1.165) is 50.9 Å². The standard InChI is InChI=1S/C28H31F2N7O/c1-15-5-8-22-20(11-31-35-22)23(15)24-21(29)10-19-26(25(24)30)33-28(38-14-18-4-3-9-36(18)2)34-27(19)37-12-16-6-7-17(13-37)32-16/h5,8,10-11,16-18,32H,3-4,6-7,9,12-14H2,1-2H3,(H,31,35)/t16?,17?,18-/m0/s1. The van der Waals surface area contributed by atoms with Gasteiger partial charge in [-0.3, -0.25) is 5.10 Å². The van der Waals surface area contributed by atoms with E-state index in [4.69, 9.17) is 9.72 Å². The van der Waals surface area contributed by atoms with Gasteiger partial charge < -0.3 is 19.9 Å². The third kappa shape index (κ3) is 3.89. The fourth-order valence-electron chi connectivity index (χ4n) is 6.48. The Kier molecular flexibility index (Phi) is 5.70. The van der Waals surface area contributed by atoms with Gasteiger partial charge in [0.2, 0.25) is 0 Å². The monoisotopic (exact) mass is 519 g/mol. The Hall–Kier alpha value is -3.37. The fourth-order valence-corrected chi connectivity index (χ4v) is 6.48. The molecule has 2 N–H and O–H groups in total. The first kappa shape index (κ1) is 23.7. The summed E-state index contributed by atoms with van der Waals surface area (Å²) in [7, 11) is 2.08. The van der Waals surface area contributed by atoms with Gasteiger partial charge in [0.05, 0.1) is 17.3 Å². The summed E-state index contributed by atoms with van der Waals surface area (Å²) in [5, 5.41) is 11.6. The molecule has 0 saturated carbocycles. The molecule has 2 aromatic heterocycles. The highest BCUT2D eigenvalue weighted by Gasteiger charge is 2.35. The van der Waals surface area contributed by atoms with Crippen LogP contribution in [-0.2, 0) is 0 Å². The molecule has 3 saturated heterocycles. The quantitative estimate of drug-likeness (QED) is 0.410. The molecule has 10 heteroatoms. The van der Waals surface area contributed by atoms with Crippen molar-refractivity contribution in [1.29, 1.82) is 0 Å². The first-order valence-corrected chi connectivity index (χ1v) is 13.4. The van der Waals surface area contributed by atoms with E-state index in [0.29, 0.717) is 46.4 Å². The SMILES string of the molecule is Cc1ccc2[nH]ncc2c1-c1c(F)cc2c(N3CC4CCC(C3)N4)nc(OC[C@@H]3CCCN3C)nc2c1F. The molecule has 3 fully saturated rings. The highest BCUT2D eigenvalue weighted by molar-refractivity contribution is 6.00. The molecule has 38 heavy (non-hydrogen) atoms. The zero-order chi connectivity index (χ0) is 26.0. The summed E-state index contributed by atoms with van der Waals surface area (Å²) in [5.74, 6) is -0.817. The summed E-state index contributed by atoms with van der Waals surface area (Å²) in [4.78, 5) is 13.7. The van der Waals surface area contributed by atoms with Gasteiger partial charge in [0.1, 0.15) is 23.8 Å². The number of piperazine rings is 1. The average Bonchev–Trinajstić information content (AvgIpc) is 3.63. The second kappa shape index (κ2) is 9.13. The summed E-state index contributed by atoms with van der Waals surface area (Å²) in [6.07, 6.45) is 5.93. The number of hydrogen-bond donors (Lipinski definition) is 2. The number of likely N-dealkylation sites (tertiary alicyclic amines) is 1. The number of H-pyrrole nitrogens is 1. The average molecular weight is 520 g/mol. The van der Waals surface area contributed by atoms with Crippen LogP contribution >= 0.6 is 0 Å². The van der Waals surface area contributed by atoms with Gasteiger partial charge in [0.25, 0.3) is 0 Å². The van der Waals surface area contributed by atoms with Crippen LogP contribution in [-0.4, -0.2) is 76.5 Å². The molecule has 7 rings (SSSR count). The molecule has 3 aliphatic heterocycles. The van der Waals surface area contributed by atoms with E-state index in [2.05, 4.69) is 37.3 Å². The molecule has 5 heterocycles. The molecule has 4 aromatic rings. The smallest absolute Gasteiger partial charge is 0.319 e. The minimum absolute atomic E-state index is 0.0759. The highest BCUT2D eigenvalue weighted by Crippen LogP contribution is 2.40. The van der Waals surface area contributed by atoms with Crippen molar-refractivity contribution in [3.05, 3.63) is 41.6 Å². The molecule has 3 atom stereocenters. The van der Waals surface area contributed by atoms with Gasteiger partial charge in [-0.1, -0.05) is 6.07 Å². The second-order valence-corrected chi connectivity index (χ2v) is 11.0. The lowest BCUT2D eigenvalue weighted by atomic mass is 9.95. The lowest BCUT2D eigenvalue weighted by molar-refractivity contribution is 0.188. The molecular weight excluding hydrogens is 488 g/mol. The minimum Gasteiger partial charge on any atom is -0.462 e. The van der Waals surface area contributed by atoms with Gasteiger partial charge in [-0.25, -0.2) is 8.78 Å². The Balaban J connectivity index is 1.39. The van der Waals surface area contributed by atoms with Crippen molar-refractivity contribution in [2.45, 2.75) is 50.7 Å².